The summed E-state index contributed by atoms with van der Waals surface area (Å²) in [4.78, 5) is 35.1. The number of rotatable bonds is 4. The highest BCUT2D eigenvalue weighted by atomic mass is 35.5. The largest absolute Gasteiger partial charge is 0.446 e. The highest BCUT2D eigenvalue weighted by Crippen LogP contribution is 2.72. The van der Waals surface area contributed by atoms with Gasteiger partial charge in [-0.3, -0.25) is 4.79 Å². The summed E-state index contributed by atoms with van der Waals surface area (Å²) in [6.07, 6.45) is 1.61. The van der Waals surface area contributed by atoms with E-state index in [1.165, 1.54) is 12.2 Å². The van der Waals surface area contributed by atoms with Crippen LogP contribution in [-0.4, -0.2) is 56.5 Å². The lowest BCUT2D eigenvalue weighted by atomic mass is 9.45. The molecule has 11 heteroatoms. The third-order valence-electron chi connectivity index (χ3n) is 9.10. The van der Waals surface area contributed by atoms with Crippen LogP contribution >= 0.6 is 46.4 Å². The molecule has 0 aliphatic heterocycles. The van der Waals surface area contributed by atoms with E-state index in [4.69, 9.17) is 55.9 Å². The first kappa shape index (κ1) is 27.2. The van der Waals surface area contributed by atoms with Crippen LogP contribution in [0.25, 0.3) is 0 Å². The van der Waals surface area contributed by atoms with Crippen molar-refractivity contribution in [3.8, 4) is 0 Å². The summed E-state index contributed by atoms with van der Waals surface area (Å²) in [5.74, 6) is -3.96. The topological polar surface area (TPSA) is 89.9 Å². The minimum Gasteiger partial charge on any atom is -0.446 e. The summed E-state index contributed by atoms with van der Waals surface area (Å²) in [6.45, 7) is 5.15. The van der Waals surface area contributed by atoms with Gasteiger partial charge in [0.05, 0.1) is 11.0 Å². The predicted molar refractivity (Wildman–Crippen MR) is 129 cm³/mol. The van der Waals surface area contributed by atoms with Crippen LogP contribution in [0.2, 0.25) is 0 Å². The van der Waals surface area contributed by atoms with Gasteiger partial charge in [-0.05, 0) is 48.8 Å². The van der Waals surface area contributed by atoms with Crippen molar-refractivity contribution in [2.75, 3.05) is 6.07 Å². The van der Waals surface area contributed by atoms with E-state index >= 15 is 4.39 Å². The molecule has 4 rings (SSSR count). The number of allylic oxidation sites excluding steroid dienone is 4. The fourth-order valence-corrected chi connectivity index (χ4v) is 8.26. The lowest BCUT2D eigenvalue weighted by Gasteiger charge is -2.64. The van der Waals surface area contributed by atoms with Gasteiger partial charge in [0.2, 0.25) is 10.4 Å². The first-order chi connectivity index (χ1) is 16.2. The monoisotopic (exact) mass is 570 g/mol. The Morgan fingerprint density at radius 3 is 2.51 bits per heavy atom. The molecule has 35 heavy (non-hydrogen) atoms. The molecular weight excluding hydrogens is 545 g/mol. The van der Waals surface area contributed by atoms with Gasteiger partial charge in [0, 0.05) is 16.7 Å². The molecule has 4 aliphatic rings. The third-order valence-corrected chi connectivity index (χ3v) is 10.5. The molecule has 0 aromatic heterocycles. The second-order valence-electron chi connectivity index (χ2n) is 10.5. The number of hydrogen-bond donors (Lipinski definition) is 1. The van der Waals surface area contributed by atoms with Gasteiger partial charge in [-0.25, -0.2) is 14.0 Å². The minimum absolute atomic E-state index is 0.0660. The van der Waals surface area contributed by atoms with E-state index < -0.39 is 74.2 Å². The van der Waals surface area contributed by atoms with Crippen molar-refractivity contribution in [1.82, 2.24) is 0 Å². The van der Waals surface area contributed by atoms with E-state index in [9.17, 15) is 19.5 Å². The van der Waals surface area contributed by atoms with Crippen molar-refractivity contribution >= 4 is 64.1 Å². The average Bonchev–Trinajstić information content (AvgIpc) is 2.99. The average molecular weight is 572 g/mol. The van der Waals surface area contributed by atoms with Crippen molar-refractivity contribution in [2.45, 2.75) is 67.6 Å². The summed E-state index contributed by atoms with van der Waals surface area (Å²) in [7, 11) is 0. The number of carbonyl (C=O) groups excluding carboxylic acids is 3. The van der Waals surface area contributed by atoms with Gasteiger partial charge < -0.3 is 14.6 Å². The van der Waals surface area contributed by atoms with Gasteiger partial charge in [0.25, 0.3) is 0 Å². The van der Waals surface area contributed by atoms with Crippen molar-refractivity contribution in [1.29, 1.82) is 0 Å². The van der Waals surface area contributed by atoms with Gasteiger partial charge in [-0.1, -0.05) is 61.7 Å². The molecule has 9 atom stereocenters. The summed E-state index contributed by atoms with van der Waals surface area (Å²) in [5, 5.41) is 11.6. The maximum atomic E-state index is 15.6. The fourth-order valence-electron chi connectivity index (χ4n) is 7.58. The molecule has 0 amide bonds. The van der Waals surface area contributed by atoms with Crippen LogP contribution in [0.3, 0.4) is 0 Å². The molecule has 0 aromatic carbocycles. The smallest absolute Gasteiger partial charge is 0.352 e. The minimum atomic E-state index is -1.88. The molecule has 6 nitrogen and oxygen atoms in total. The Kier molecular flexibility index (Phi) is 6.89. The summed E-state index contributed by atoms with van der Waals surface area (Å²) >= 11 is 24.5. The number of esters is 2. The summed E-state index contributed by atoms with van der Waals surface area (Å²) in [6, 6.07) is -0.486. The zero-order valence-corrected chi connectivity index (χ0v) is 22.4. The van der Waals surface area contributed by atoms with E-state index in [1.54, 1.807) is 26.8 Å². The summed E-state index contributed by atoms with van der Waals surface area (Å²) < 4.78 is 26.5. The number of fused-ring (bicyclic) bond motifs is 5. The second-order valence-corrected chi connectivity index (χ2v) is 12.4. The maximum absolute atomic E-state index is 15.6. The number of ether oxygens (including phenoxy) is 2. The highest BCUT2D eigenvalue weighted by molar-refractivity contribution is 6.53. The van der Waals surface area contributed by atoms with E-state index in [0.717, 1.165) is 0 Å². The standard InChI is InChI=1S/C24H27Cl4FO6/c1-11-6-13-14-8-16(29)15-7-12(30)4-5-21(15,2)23(14,28)17(31)9-22(13,3)24(11,20(33)34-10-25)35-19(32)18(26)27/h4-5,7,11,13-14,16-18,31H,6,8-10H2,1-3H3/t11-,13+,14+,16+,17+,21+,22+,23+,24+/m1/s1. The van der Waals surface area contributed by atoms with E-state index in [-0.39, 0.29) is 24.2 Å². The number of carbonyl (C=O) groups is 3. The summed E-state index contributed by atoms with van der Waals surface area (Å²) in [5.41, 5.74) is -4.00. The molecule has 0 spiro atoms. The lowest BCUT2D eigenvalue weighted by Crippen LogP contribution is -2.70. The lowest BCUT2D eigenvalue weighted by molar-refractivity contribution is -0.215. The number of aliphatic hydroxyl groups is 1. The van der Waals surface area contributed by atoms with Crippen molar-refractivity contribution in [2.24, 2.45) is 28.6 Å². The van der Waals surface area contributed by atoms with E-state index in [2.05, 4.69) is 0 Å². The number of aliphatic hydroxyl groups excluding tert-OH is 1. The predicted octanol–water partition coefficient (Wildman–Crippen LogP) is 4.65. The van der Waals surface area contributed by atoms with Gasteiger partial charge in [0.1, 0.15) is 6.17 Å². The quantitative estimate of drug-likeness (QED) is 0.390. The van der Waals surface area contributed by atoms with Crippen LogP contribution < -0.4 is 0 Å². The van der Waals surface area contributed by atoms with Crippen LogP contribution in [0, 0.1) is 28.6 Å². The van der Waals surface area contributed by atoms with E-state index in [0.29, 0.717) is 6.42 Å². The van der Waals surface area contributed by atoms with Crippen LogP contribution in [-0.2, 0) is 23.9 Å². The Morgan fingerprint density at radius 2 is 1.91 bits per heavy atom. The molecule has 3 fully saturated rings. The highest BCUT2D eigenvalue weighted by Gasteiger charge is 2.78. The van der Waals surface area contributed by atoms with Crippen molar-refractivity contribution in [3.05, 3.63) is 23.8 Å². The molecule has 4 aliphatic carbocycles. The van der Waals surface area contributed by atoms with Crippen LogP contribution in [0.5, 0.6) is 0 Å². The first-order valence-corrected chi connectivity index (χ1v) is 13.2. The molecule has 3 saturated carbocycles. The Hall–Kier alpha value is -0.860. The second kappa shape index (κ2) is 8.87. The fraction of sp³-hybridized carbons (Fsp3) is 0.708. The SMILES string of the molecule is C[C@@H]1C[C@H]2[C@@H]3C[C@H](F)C4=CC(=O)C=C[C@]4(C)[C@@]3(Cl)[C@@H](O)C[C@]2(C)[C@@]1(OC(=O)C(Cl)Cl)C(=O)OCCl. The maximum Gasteiger partial charge on any atom is 0.352 e. The zero-order valence-electron chi connectivity index (χ0n) is 19.4. The molecule has 1 N–H and O–H groups in total. The third kappa shape index (κ3) is 3.48. The Labute approximate surface area is 223 Å². The van der Waals surface area contributed by atoms with Crippen LogP contribution in [0.4, 0.5) is 4.39 Å². The molecular formula is C24H27Cl4FO6. The number of alkyl halides is 5. The molecule has 0 heterocycles. The zero-order chi connectivity index (χ0) is 26.1. The Bertz CT molecular complexity index is 1020. The molecule has 0 unspecified atom stereocenters. The normalized spacial score (nSPS) is 46.4. The molecule has 0 radical (unpaired) electrons. The van der Waals surface area contributed by atoms with Crippen LogP contribution in [0.1, 0.15) is 40.0 Å². The van der Waals surface area contributed by atoms with Gasteiger partial charge in [-0.15, -0.1) is 11.6 Å². The van der Waals surface area contributed by atoms with Crippen LogP contribution in [0.15, 0.2) is 23.8 Å². The Morgan fingerprint density at radius 1 is 1.26 bits per heavy atom. The van der Waals surface area contributed by atoms with E-state index in [1.807, 2.05) is 0 Å². The molecule has 0 bridgehead atoms. The number of halogens is 5. The molecule has 0 aromatic rings. The number of hydrogen-bond acceptors (Lipinski definition) is 6. The number of ketones is 1. The van der Waals surface area contributed by atoms with Gasteiger partial charge in [-0.2, -0.15) is 0 Å². The van der Waals surface area contributed by atoms with Gasteiger partial charge >= 0.3 is 11.9 Å². The van der Waals surface area contributed by atoms with Gasteiger partial charge in [0.15, 0.2) is 11.8 Å². The molecule has 0 saturated heterocycles. The molecule has 194 valence electrons. The Balaban J connectivity index is 1.87. The van der Waals surface area contributed by atoms with Crippen molar-refractivity contribution in [3.63, 3.8) is 0 Å². The first-order valence-electron chi connectivity index (χ1n) is 11.4. The van der Waals surface area contributed by atoms with Crippen molar-refractivity contribution < 1.29 is 33.4 Å².